The Balaban J connectivity index is 1.65. The lowest BCUT2D eigenvalue weighted by Crippen LogP contribution is -2.50. The van der Waals surface area contributed by atoms with Crippen LogP contribution >= 0.6 is 0 Å². The van der Waals surface area contributed by atoms with Crippen molar-refractivity contribution in [3.05, 3.63) is 77.9 Å². The van der Waals surface area contributed by atoms with Crippen molar-refractivity contribution >= 4 is 17.2 Å². The Bertz CT molecular complexity index is 1040. The summed E-state index contributed by atoms with van der Waals surface area (Å²) in [6.45, 7) is 13.0. The SMILES string of the molecule is C=C(C)c1cccc(C2=CC3(CCN(C(=O)OC(C)(C)C)CC3)Oc3ccccc32)c1. The first-order chi connectivity index (χ1) is 14.7. The lowest BCUT2D eigenvalue weighted by atomic mass is 9.82. The van der Waals surface area contributed by atoms with Gasteiger partial charge in [-0.25, -0.2) is 4.79 Å². The van der Waals surface area contributed by atoms with Gasteiger partial charge in [0.25, 0.3) is 0 Å². The molecule has 162 valence electrons. The molecular weight excluding hydrogens is 386 g/mol. The maximum absolute atomic E-state index is 12.5. The van der Waals surface area contributed by atoms with Gasteiger partial charge in [-0.1, -0.05) is 48.6 Å². The maximum atomic E-state index is 12.5. The number of ether oxygens (including phenoxy) is 2. The molecule has 4 heteroatoms. The summed E-state index contributed by atoms with van der Waals surface area (Å²) in [4.78, 5) is 14.3. The number of carbonyl (C=O) groups is 1. The van der Waals surface area contributed by atoms with Gasteiger partial charge in [-0.05, 0) is 62.6 Å². The third-order valence-electron chi connectivity index (χ3n) is 5.83. The van der Waals surface area contributed by atoms with Crippen LogP contribution < -0.4 is 4.74 Å². The molecule has 31 heavy (non-hydrogen) atoms. The van der Waals surface area contributed by atoms with Crippen molar-refractivity contribution in [2.24, 2.45) is 0 Å². The number of fused-ring (bicyclic) bond motifs is 1. The number of piperidine rings is 1. The minimum Gasteiger partial charge on any atom is -0.482 e. The number of amides is 1. The number of hydrogen-bond donors (Lipinski definition) is 0. The minimum atomic E-state index is -0.492. The molecule has 0 aromatic heterocycles. The highest BCUT2D eigenvalue weighted by Crippen LogP contribution is 2.43. The van der Waals surface area contributed by atoms with Crippen LogP contribution in [0.5, 0.6) is 5.75 Å². The molecule has 0 aliphatic carbocycles. The van der Waals surface area contributed by atoms with Crippen LogP contribution in [-0.2, 0) is 4.74 Å². The quantitative estimate of drug-likeness (QED) is 0.574. The Morgan fingerprint density at radius 1 is 1.10 bits per heavy atom. The van der Waals surface area contributed by atoms with E-state index < -0.39 is 11.2 Å². The van der Waals surface area contributed by atoms with E-state index in [-0.39, 0.29) is 6.09 Å². The van der Waals surface area contributed by atoms with Crippen molar-refractivity contribution in [3.8, 4) is 5.75 Å². The molecule has 0 N–H and O–H groups in total. The smallest absolute Gasteiger partial charge is 0.410 e. The van der Waals surface area contributed by atoms with Crippen LogP contribution in [0, 0.1) is 0 Å². The maximum Gasteiger partial charge on any atom is 0.410 e. The Morgan fingerprint density at radius 2 is 1.81 bits per heavy atom. The lowest BCUT2D eigenvalue weighted by Gasteiger charge is -2.43. The van der Waals surface area contributed by atoms with Crippen molar-refractivity contribution in [2.45, 2.75) is 51.7 Å². The summed E-state index contributed by atoms with van der Waals surface area (Å²) in [5, 5.41) is 0. The molecule has 0 unspecified atom stereocenters. The standard InChI is InChI=1S/C27H31NO3/c1-19(2)20-9-8-10-21(17-20)23-18-27(30-24-12-7-6-11-22(23)24)13-15-28(16-14-27)25(29)31-26(3,4)5/h6-12,17-18H,1,13-16H2,2-5H3. The van der Waals surface area contributed by atoms with E-state index in [1.165, 1.54) is 5.57 Å². The number of benzene rings is 2. The van der Waals surface area contributed by atoms with E-state index in [0.717, 1.165) is 40.9 Å². The molecule has 4 rings (SSSR count). The molecule has 1 spiro atoms. The largest absolute Gasteiger partial charge is 0.482 e. The molecule has 4 nitrogen and oxygen atoms in total. The zero-order valence-corrected chi connectivity index (χ0v) is 18.9. The van der Waals surface area contributed by atoms with E-state index >= 15 is 0 Å². The first kappa shape index (κ1) is 21.2. The highest BCUT2D eigenvalue weighted by atomic mass is 16.6. The van der Waals surface area contributed by atoms with Gasteiger partial charge in [-0.3, -0.25) is 0 Å². The van der Waals surface area contributed by atoms with Crippen molar-refractivity contribution < 1.29 is 14.3 Å². The molecule has 2 aromatic carbocycles. The number of para-hydroxylation sites is 1. The zero-order valence-electron chi connectivity index (χ0n) is 18.9. The molecule has 2 heterocycles. The van der Waals surface area contributed by atoms with Crippen LogP contribution in [0.3, 0.4) is 0 Å². The molecule has 1 fully saturated rings. The summed E-state index contributed by atoms with van der Waals surface area (Å²) in [7, 11) is 0. The molecule has 2 aliphatic heterocycles. The van der Waals surface area contributed by atoms with Gasteiger partial charge in [0, 0.05) is 31.5 Å². The number of nitrogens with zero attached hydrogens (tertiary/aromatic N) is 1. The van der Waals surface area contributed by atoms with Gasteiger partial charge < -0.3 is 14.4 Å². The molecule has 0 saturated carbocycles. The first-order valence-electron chi connectivity index (χ1n) is 10.9. The Morgan fingerprint density at radius 3 is 2.48 bits per heavy atom. The average Bonchev–Trinajstić information content (AvgIpc) is 2.72. The van der Waals surface area contributed by atoms with Crippen LogP contribution in [0.15, 0.2) is 61.2 Å². The monoisotopic (exact) mass is 417 g/mol. The lowest BCUT2D eigenvalue weighted by molar-refractivity contribution is -0.00115. The van der Waals surface area contributed by atoms with Crippen LogP contribution in [0.2, 0.25) is 0 Å². The molecule has 0 atom stereocenters. The topological polar surface area (TPSA) is 38.8 Å². The number of likely N-dealkylation sites (tertiary alicyclic amines) is 1. The highest BCUT2D eigenvalue weighted by Gasteiger charge is 2.40. The Labute approximate surface area is 185 Å². The Kier molecular flexibility index (Phi) is 5.42. The molecule has 0 radical (unpaired) electrons. The van der Waals surface area contributed by atoms with Gasteiger partial charge in [-0.2, -0.15) is 0 Å². The van der Waals surface area contributed by atoms with Crippen LogP contribution in [0.1, 0.15) is 57.2 Å². The summed E-state index contributed by atoms with van der Waals surface area (Å²) >= 11 is 0. The predicted molar refractivity (Wildman–Crippen MR) is 125 cm³/mol. The van der Waals surface area contributed by atoms with Gasteiger partial charge in [0.1, 0.15) is 17.0 Å². The zero-order chi connectivity index (χ0) is 22.2. The van der Waals surface area contributed by atoms with E-state index in [1.807, 2.05) is 45.9 Å². The predicted octanol–water partition coefficient (Wildman–Crippen LogP) is 6.31. The summed E-state index contributed by atoms with van der Waals surface area (Å²) < 4.78 is 12.1. The molecule has 2 aliphatic rings. The molecule has 2 aromatic rings. The third-order valence-corrected chi connectivity index (χ3v) is 5.83. The van der Waals surface area contributed by atoms with Gasteiger partial charge >= 0.3 is 6.09 Å². The fourth-order valence-corrected chi connectivity index (χ4v) is 4.20. The number of carbonyl (C=O) groups excluding carboxylic acids is 1. The highest BCUT2D eigenvalue weighted by molar-refractivity contribution is 5.86. The molecule has 1 saturated heterocycles. The normalized spacial score (nSPS) is 17.4. The van der Waals surface area contributed by atoms with Gasteiger partial charge in [0.2, 0.25) is 0 Å². The fraction of sp³-hybridized carbons (Fsp3) is 0.370. The van der Waals surface area contributed by atoms with E-state index in [1.54, 1.807) is 4.90 Å². The van der Waals surface area contributed by atoms with Crippen LogP contribution in [0.25, 0.3) is 11.1 Å². The third kappa shape index (κ3) is 4.53. The summed E-state index contributed by atoms with van der Waals surface area (Å²) in [6, 6.07) is 16.7. The Hall–Kier alpha value is -3.01. The van der Waals surface area contributed by atoms with Gasteiger partial charge in [0.05, 0.1) is 0 Å². The van der Waals surface area contributed by atoms with E-state index in [9.17, 15) is 4.79 Å². The number of allylic oxidation sites excluding steroid dienone is 1. The fourth-order valence-electron chi connectivity index (χ4n) is 4.20. The summed E-state index contributed by atoms with van der Waals surface area (Å²) in [6.07, 6.45) is 3.46. The number of rotatable bonds is 2. The average molecular weight is 418 g/mol. The second kappa shape index (κ2) is 7.92. The second-order valence-electron chi connectivity index (χ2n) is 9.55. The van der Waals surface area contributed by atoms with E-state index in [2.05, 4.69) is 43.0 Å². The van der Waals surface area contributed by atoms with Crippen molar-refractivity contribution in [3.63, 3.8) is 0 Å². The molecule has 1 amide bonds. The number of hydrogen-bond acceptors (Lipinski definition) is 3. The van der Waals surface area contributed by atoms with Crippen LogP contribution in [-0.4, -0.2) is 35.3 Å². The van der Waals surface area contributed by atoms with Gasteiger partial charge in [0.15, 0.2) is 0 Å². The molecular formula is C27H31NO3. The van der Waals surface area contributed by atoms with Crippen molar-refractivity contribution in [1.82, 2.24) is 4.90 Å². The van der Waals surface area contributed by atoms with Gasteiger partial charge in [-0.15, -0.1) is 0 Å². The minimum absolute atomic E-state index is 0.253. The van der Waals surface area contributed by atoms with E-state index in [4.69, 9.17) is 9.47 Å². The molecule has 0 bridgehead atoms. The summed E-state index contributed by atoms with van der Waals surface area (Å²) in [5.74, 6) is 0.895. The summed E-state index contributed by atoms with van der Waals surface area (Å²) in [5.41, 5.74) is 4.69. The van der Waals surface area contributed by atoms with Crippen LogP contribution in [0.4, 0.5) is 4.79 Å². The van der Waals surface area contributed by atoms with Crippen molar-refractivity contribution in [2.75, 3.05) is 13.1 Å². The first-order valence-corrected chi connectivity index (χ1v) is 10.9. The second-order valence-corrected chi connectivity index (χ2v) is 9.55. The van der Waals surface area contributed by atoms with Crippen molar-refractivity contribution in [1.29, 1.82) is 0 Å². The van der Waals surface area contributed by atoms with E-state index in [0.29, 0.717) is 13.1 Å².